The van der Waals surface area contributed by atoms with Crippen molar-refractivity contribution in [3.63, 3.8) is 0 Å². The van der Waals surface area contributed by atoms with Crippen molar-refractivity contribution in [3.8, 4) is 5.75 Å². The highest BCUT2D eigenvalue weighted by Gasteiger charge is 2.28. The zero-order chi connectivity index (χ0) is 19.3. The Morgan fingerprint density at radius 2 is 1.86 bits per heavy atom. The van der Waals surface area contributed by atoms with Crippen molar-refractivity contribution >= 4 is 0 Å². The Kier molecular flexibility index (Phi) is 5.70. The molecule has 0 aliphatic carbocycles. The van der Waals surface area contributed by atoms with E-state index < -0.39 is 6.10 Å². The zero-order valence-electron chi connectivity index (χ0n) is 16.2. The van der Waals surface area contributed by atoms with Crippen LogP contribution in [0.5, 0.6) is 5.75 Å². The van der Waals surface area contributed by atoms with Crippen molar-refractivity contribution in [2.75, 3.05) is 13.2 Å². The summed E-state index contributed by atoms with van der Waals surface area (Å²) in [5.74, 6) is 0.789. The zero-order valence-corrected chi connectivity index (χ0v) is 16.2. The molecule has 1 aliphatic rings. The van der Waals surface area contributed by atoms with Gasteiger partial charge >= 0.3 is 0 Å². The van der Waals surface area contributed by atoms with E-state index in [0.717, 1.165) is 18.7 Å². The lowest BCUT2D eigenvalue weighted by atomic mass is 9.90. The van der Waals surface area contributed by atoms with Gasteiger partial charge in [0.15, 0.2) is 0 Å². The molecule has 4 nitrogen and oxygen atoms in total. The molecule has 4 heteroatoms. The second-order valence-electron chi connectivity index (χ2n) is 7.48. The number of aryl methyl sites for hydroxylation is 1. The van der Waals surface area contributed by atoms with Crippen LogP contribution in [0.3, 0.4) is 0 Å². The Labute approximate surface area is 166 Å². The molecule has 2 heterocycles. The summed E-state index contributed by atoms with van der Waals surface area (Å²) >= 11 is 0. The van der Waals surface area contributed by atoms with Gasteiger partial charge in [-0.2, -0.15) is 0 Å². The van der Waals surface area contributed by atoms with Crippen LogP contribution in [0.2, 0.25) is 0 Å². The van der Waals surface area contributed by atoms with Gasteiger partial charge in [0.2, 0.25) is 0 Å². The molecular formula is C24H26N2O2. The quantitative estimate of drug-likeness (QED) is 0.710. The van der Waals surface area contributed by atoms with E-state index in [9.17, 15) is 5.11 Å². The van der Waals surface area contributed by atoms with Gasteiger partial charge in [-0.25, -0.2) is 0 Å². The molecule has 1 aromatic heterocycles. The Morgan fingerprint density at radius 1 is 1.07 bits per heavy atom. The van der Waals surface area contributed by atoms with Crippen molar-refractivity contribution in [1.82, 2.24) is 9.88 Å². The molecule has 1 aliphatic heterocycles. The summed E-state index contributed by atoms with van der Waals surface area (Å²) in [6.07, 6.45) is 4.09. The van der Waals surface area contributed by atoms with Gasteiger partial charge in [-0.15, -0.1) is 0 Å². The Balaban J connectivity index is 1.46. The SMILES string of the molecule is Cc1ccc(OCC(O)CN2Cc3ccccc3CC2c2cccnc2)cc1. The fraction of sp³-hybridized carbons (Fsp3) is 0.292. The molecule has 0 amide bonds. The van der Waals surface area contributed by atoms with Crippen molar-refractivity contribution in [3.05, 3.63) is 95.3 Å². The number of β-amino-alcohol motifs (C(OH)–C–C–N with tert-alkyl or cyclic N) is 1. The summed E-state index contributed by atoms with van der Waals surface area (Å²) in [7, 11) is 0. The van der Waals surface area contributed by atoms with Crippen LogP contribution in [0.4, 0.5) is 0 Å². The standard InChI is InChI=1S/C24H26N2O2/c1-18-8-10-23(11-9-18)28-17-22(27)16-26-15-21-6-3-2-5-19(21)13-24(26)20-7-4-12-25-14-20/h2-12,14,22,24,27H,13,15-17H2,1H3. The lowest BCUT2D eigenvalue weighted by molar-refractivity contribution is 0.0438. The second kappa shape index (κ2) is 8.55. The Morgan fingerprint density at radius 3 is 2.61 bits per heavy atom. The highest BCUT2D eigenvalue weighted by Crippen LogP contribution is 2.33. The molecule has 3 aromatic rings. The normalized spacial score (nSPS) is 17.7. The Hall–Kier alpha value is -2.69. The van der Waals surface area contributed by atoms with Crippen LogP contribution in [0.1, 0.15) is 28.3 Å². The average Bonchev–Trinajstić information content (AvgIpc) is 2.73. The molecule has 0 bridgehead atoms. The summed E-state index contributed by atoms with van der Waals surface area (Å²) in [5, 5.41) is 10.6. The molecular weight excluding hydrogens is 348 g/mol. The number of aliphatic hydroxyl groups is 1. The van der Waals surface area contributed by atoms with E-state index in [2.05, 4.69) is 40.2 Å². The lowest BCUT2D eigenvalue weighted by Crippen LogP contribution is -2.41. The number of rotatable bonds is 6. The predicted molar refractivity (Wildman–Crippen MR) is 110 cm³/mol. The van der Waals surface area contributed by atoms with Crippen LogP contribution in [-0.2, 0) is 13.0 Å². The van der Waals surface area contributed by atoms with Crippen LogP contribution in [0, 0.1) is 6.92 Å². The molecule has 144 valence electrons. The average molecular weight is 374 g/mol. The largest absolute Gasteiger partial charge is 0.491 e. The summed E-state index contributed by atoms with van der Waals surface area (Å²) in [6.45, 7) is 3.70. The number of fused-ring (bicyclic) bond motifs is 1. The second-order valence-corrected chi connectivity index (χ2v) is 7.48. The van der Waals surface area contributed by atoms with Gasteiger partial charge < -0.3 is 9.84 Å². The first-order valence-corrected chi connectivity index (χ1v) is 9.77. The van der Waals surface area contributed by atoms with E-state index in [1.54, 1.807) is 6.20 Å². The molecule has 28 heavy (non-hydrogen) atoms. The van der Waals surface area contributed by atoms with Gasteiger partial charge in [-0.1, -0.05) is 48.0 Å². The molecule has 2 aromatic carbocycles. The molecule has 0 radical (unpaired) electrons. The number of hydrogen-bond donors (Lipinski definition) is 1. The van der Waals surface area contributed by atoms with E-state index in [1.165, 1.54) is 22.3 Å². The molecule has 0 saturated carbocycles. The van der Waals surface area contributed by atoms with Crippen LogP contribution in [0.25, 0.3) is 0 Å². The van der Waals surface area contributed by atoms with Gasteiger partial charge in [-0.05, 0) is 48.2 Å². The molecule has 0 saturated heterocycles. The minimum absolute atomic E-state index is 0.206. The topological polar surface area (TPSA) is 45.6 Å². The maximum Gasteiger partial charge on any atom is 0.119 e. The first kappa shape index (κ1) is 18.7. The van der Waals surface area contributed by atoms with Crippen molar-refractivity contribution < 1.29 is 9.84 Å². The summed E-state index contributed by atoms with van der Waals surface area (Å²) in [6, 6.07) is 20.8. The molecule has 4 rings (SSSR count). The van der Waals surface area contributed by atoms with E-state index >= 15 is 0 Å². The lowest BCUT2D eigenvalue weighted by Gasteiger charge is -2.38. The van der Waals surface area contributed by atoms with E-state index in [1.807, 2.05) is 43.5 Å². The summed E-state index contributed by atoms with van der Waals surface area (Å²) in [5.41, 5.74) is 5.08. The first-order valence-electron chi connectivity index (χ1n) is 9.77. The minimum atomic E-state index is -0.564. The third kappa shape index (κ3) is 4.41. The number of hydrogen-bond acceptors (Lipinski definition) is 4. The van der Waals surface area contributed by atoms with Crippen LogP contribution >= 0.6 is 0 Å². The van der Waals surface area contributed by atoms with Crippen molar-refractivity contribution in [2.45, 2.75) is 32.0 Å². The number of ether oxygens (including phenoxy) is 1. The van der Waals surface area contributed by atoms with Gasteiger partial charge in [0.05, 0.1) is 0 Å². The fourth-order valence-electron chi connectivity index (χ4n) is 3.82. The highest BCUT2D eigenvalue weighted by atomic mass is 16.5. The molecule has 0 spiro atoms. The van der Waals surface area contributed by atoms with Crippen LogP contribution < -0.4 is 4.74 Å². The fourth-order valence-corrected chi connectivity index (χ4v) is 3.82. The predicted octanol–water partition coefficient (Wildman–Crippen LogP) is 3.93. The van der Waals surface area contributed by atoms with Gasteiger partial charge in [0, 0.05) is 31.5 Å². The number of benzene rings is 2. The molecule has 2 atom stereocenters. The first-order chi connectivity index (χ1) is 13.7. The number of aromatic nitrogens is 1. The monoisotopic (exact) mass is 374 g/mol. The maximum atomic E-state index is 10.6. The smallest absolute Gasteiger partial charge is 0.119 e. The number of aliphatic hydroxyl groups excluding tert-OH is 1. The van der Waals surface area contributed by atoms with Crippen molar-refractivity contribution in [1.29, 1.82) is 0 Å². The van der Waals surface area contributed by atoms with E-state index in [-0.39, 0.29) is 12.6 Å². The van der Waals surface area contributed by atoms with Crippen LogP contribution in [0.15, 0.2) is 73.1 Å². The van der Waals surface area contributed by atoms with Gasteiger partial charge in [0.25, 0.3) is 0 Å². The highest BCUT2D eigenvalue weighted by molar-refractivity contribution is 5.32. The van der Waals surface area contributed by atoms with Gasteiger partial charge in [-0.3, -0.25) is 9.88 Å². The number of pyridine rings is 1. The summed E-state index contributed by atoms with van der Waals surface area (Å²) in [4.78, 5) is 6.63. The Bertz CT molecular complexity index is 896. The molecule has 0 fully saturated rings. The van der Waals surface area contributed by atoms with E-state index in [4.69, 9.17) is 4.74 Å². The van der Waals surface area contributed by atoms with Crippen LogP contribution in [-0.4, -0.2) is 34.2 Å². The third-order valence-corrected chi connectivity index (χ3v) is 5.32. The van der Waals surface area contributed by atoms with Gasteiger partial charge in [0.1, 0.15) is 18.5 Å². The third-order valence-electron chi connectivity index (χ3n) is 5.32. The number of nitrogens with zero attached hydrogens (tertiary/aromatic N) is 2. The van der Waals surface area contributed by atoms with Crippen molar-refractivity contribution in [2.24, 2.45) is 0 Å². The molecule has 1 N–H and O–H groups in total. The minimum Gasteiger partial charge on any atom is -0.491 e. The van der Waals surface area contributed by atoms with E-state index in [0.29, 0.717) is 6.54 Å². The maximum absolute atomic E-state index is 10.6. The molecule has 2 unspecified atom stereocenters. The summed E-state index contributed by atoms with van der Waals surface area (Å²) < 4.78 is 5.79.